The van der Waals surface area contributed by atoms with Gasteiger partial charge in [-0.15, -0.1) is 12.2 Å². The molecule has 3 rings (SSSR count). The van der Waals surface area contributed by atoms with Gasteiger partial charge in [0.1, 0.15) is 32.1 Å². The number of hydrogen-bond donors (Lipinski definition) is 4. The fourth-order valence-electron chi connectivity index (χ4n) is 4.81. The number of aliphatic hydroxyl groups is 4. The van der Waals surface area contributed by atoms with Gasteiger partial charge < -0.3 is 107 Å². The van der Waals surface area contributed by atoms with Crippen molar-refractivity contribution in [1.82, 2.24) is 0 Å². The topological polar surface area (TPSA) is 453 Å². The summed E-state index contributed by atoms with van der Waals surface area (Å²) in [7, 11) is 7.13. The van der Waals surface area contributed by atoms with Gasteiger partial charge in [0.25, 0.3) is 12.9 Å². The standard InChI is InChI=1S/C19H18BrOP.C10H14O3.C8H12O2.C5H10O3.C5H10O2.C5H8O2.C4H9O.2C4H8O.C3H8O2.C3H6O2.C3H6O.C2H4O.2CH2O3.CH4O.Al.5K.Li.Na.6H/c20-22(16-21,17-10-4-1-5-11-17,18-12-6-2-7-13-18)19-14-8-3-9-15-19;1-5-7(3)9(11)13-10(12)8(4)6-2;1-4-6-10-8(9)7(3)5-2;1-3-8-5(6)4-7-2;1-3-5(6)7-4-2;1-3-4(2)5(6)7;1-4(2,3)5;1-3-4-5-2;1-2-3-4-5;2*1-5-3-2-4;1-2-3-4;1-2-3;2*2-1-4-3;1-2;;;;;;;;;;;;;;/h1-15,21H,16H2;5-6H,1-4H3;4-6H,1-3H3;3-4H2,1-2H3;3-4H2,1-2H3;3H,1-2H3,(H,6,7);1-3H3;3H,1,4H2,2H3;2-3,5H,4H2,1H3;4H,2-3H2,1H3;2H,3H2,1H3;3H,2H2,1H3;2H,1H3;2*1,3H;2H,1H3;;;;;;;;;;;;;;/q;;;;;;-1;;;;;;;;;;;7*+1;;;;3*-1/p-3/b;7-5+,8-6+;6-4+,7-5+;;;4-3+;;;3-2+;;;;;;;;;;;;;;;;;;;;;. The van der Waals surface area contributed by atoms with Crippen LogP contribution in [0.3, 0.4) is 0 Å². The van der Waals surface area contributed by atoms with Crippen molar-refractivity contribution in [2.75, 3.05) is 94.8 Å². The second-order valence-corrected chi connectivity index (χ2v) is 28.5. The van der Waals surface area contributed by atoms with Crippen molar-refractivity contribution < 1.29 is 451 Å². The normalized spacial score (nSPS) is 9.38. The average molecular weight is 1900 g/mol. The van der Waals surface area contributed by atoms with Crippen LogP contribution in [-0.4, -0.2) is 206 Å². The van der Waals surface area contributed by atoms with Crippen LogP contribution >= 0.6 is 20.8 Å². The second-order valence-electron chi connectivity index (χ2n) is 19.6. The Hall–Kier alpha value is 1.59. The molecular weight excluding hydrogens is 1760 g/mol. The van der Waals surface area contributed by atoms with E-state index in [1.54, 1.807) is 154 Å². The van der Waals surface area contributed by atoms with Crippen molar-refractivity contribution in [2.24, 2.45) is 0 Å². The Kier molecular flexibility index (Phi) is 207. The van der Waals surface area contributed by atoms with Gasteiger partial charge >= 0.3 is 474 Å². The van der Waals surface area contributed by atoms with Crippen LogP contribution in [-0.2, 0) is 100 Å². The second kappa shape index (κ2) is 141. The maximum absolute atomic E-state index is 11.1. The number of aldehydes is 3. The molecule has 0 saturated heterocycles. The zero-order valence-electron chi connectivity index (χ0n) is 78.0. The van der Waals surface area contributed by atoms with Crippen molar-refractivity contribution in [2.45, 2.75) is 143 Å². The number of carboxylic acids is 1. The van der Waals surface area contributed by atoms with Gasteiger partial charge in [-0.3, -0.25) is 14.4 Å². The fourth-order valence-corrected chi connectivity index (χ4v) is 10.7. The van der Waals surface area contributed by atoms with Crippen molar-refractivity contribution in [3.63, 3.8) is 0 Å². The Morgan fingerprint density at radius 2 is 0.855 bits per heavy atom. The summed E-state index contributed by atoms with van der Waals surface area (Å²) in [5.41, 5.74) is 1.01. The van der Waals surface area contributed by atoms with Crippen LogP contribution < -0.4 is 342 Å². The fraction of sp³-hybridized carbons (Fsp3) is 0.449. The van der Waals surface area contributed by atoms with E-state index in [1.807, 2.05) is 68.4 Å². The van der Waals surface area contributed by atoms with E-state index >= 15 is 0 Å². The van der Waals surface area contributed by atoms with Gasteiger partial charge in [0, 0.05) is 65.1 Å². The van der Waals surface area contributed by atoms with Gasteiger partial charge in [-0.25, -0.2) is 19.2 Å². The summed E-state index contributed by atoms with van der Waals surface area (Å²) in [5, 5.41) is 70.6. The molecule has 0 atom stereocenters. The summed E-state index contributed by atoms with van der Waals surface area (Å²) in [5.74, 6) is -3.00. The Bertz CT molecular complexity index is 2700. The van der Waals surface area contributed by atoms with E-state index in [0.29, 0.717) is 62.3 Å². The molecule has 0 aliphatic carbocycles. The Morgan fingerprint density at radius 1 is 0.547 bits per heavy atom. The summed E-state index contributed by atoms with van der Waals surface area (Å²) in [6, 6.07) is 30.8. The minimum absolute atomic E-state index is 0. The first-order valence-corrected chi connectivity index (χ1v) is 37.4. The summed E-state index contributed by atoms with van der Waals surface area (Å²) >= 11 is 4.10. The smallest absolute Gasteiger partial charge is 1.00 e. The van der Waals surface area contributed by atoms with E-state index in [4.69, 9.17) is 40.2 Å². The van der Waals surface area contributed by atoms with Gasteiger partial charge in [-0.2, -0.15) is 0 Å². The number of aliphatic hydroxyl groups excluding tert-OH is 4. The zero-order valence-corrected chi connectivity index (χ0v) is 95.1. The quantitative estimate of drug-likeness (QED) is 0.00553. The van der Waals surface area contributed by atoms with Gasteiger partial charge in [-0.05, 0) is 95.6 Å². The van der Waals surface area contributed by atoms with Crippen LogP contribution in [0.2, 0.25) is 0 Å². The maximum Gasteiger partial charge on any atom is 1.00 e. The van der Waals surface area contributed by atoms with Gasteiger partial charge in [0.15, 0.2) is 17.4 Å². The Labute approximate surface area is 968 Å². The number of esters is 5. The van der Waals surface area contributed by atoms with E-state index in [9.17, 15) is 53.7 Å². The van der Waals surface area contributed by atoms with Crippen LogP contribution in [0.4, 0.5) is 0 Å². The minimum atomic E-state index is -3.03. The molecule has 0 aliphatic rings. The molecule has 39 heteroatoms. The molecular formula is C78H132AlBrK5LiNaO29P. The third kappa shape index (κ3) is 136. The molecule has 29 nitrogen and oxygen atoms in total. The number of hydrogen-bond acceptors (Lipinski definition) is 29. The molecule has 0 unspecified atom stereocenters. The molecule has 0 heterocycles. The first-order chi connectivity index (χ1) is 51.5. The SMILES string of the molecule is C/C=C(\C)C(=O)OC(=O)/C(C)=C/C.C/C=C(\C)C(=O)[O-].C/C=C/CO.C/C=C/OC(=O)/C(C)=C/C.C=CCOC.CC(C)(C)[O-].CC=O.CCC=O.CCOC(=O)CC.CCOC(=O)COC.CO.COCC=O.COCCO.O=CO[O-].O=CO[O-].OCP(Br)(c1ccccc1)(c1ccccc1)c1ccccc1.[AlH3].[H-].[H-].[H-].[K+].[K+].[K+].[K+].[K+].[Li+].[Na+]. The number of halogens is 1. The molecule has 0 aliphatic heterocycles. The van der Waals surface area contributed by atoms with Crippen LogP contribution in [0.1, 0.15) is 142 Å². The van der Waals surface area contributed by atoms with E-state index < -0.39 is 28.8 Å². The molecule has 0 bridgehead atoms. The maximum atomic E-state index is 11.1. The molecule has 117 heavy (non-hydrogen) atoms. The number of benzene rings is 3. The number of aliphatic carboxylic acids is 1. The van der Waals surface area contributed by atoms with E-state index in [2.05, 4.69) is 106 Å². The first-order valence-electron chi connectivity index (χ1n) is 33.0. The first kappa shape index (κ1) is 172. The number of carboxylic acid groups (broad SMARTS) is 1. The molecule has 0 spiro atoms. The Balaban J connectivity index is -0.0000000386. The van der Waals surface area contributed by atoms with Crippen molar-refractivity contribution in [3.05, 3.63) is 175 Å². The average Bonchev–Trinajstić information content (AvgIpc) is 0.712. The molecule has 640 valence electrons. The molecule has 3 aromatic carbocycles. The summed E-state index contributed by atoms with van der Waals surface area (Å²) in [6.07, 6.45) is 18.1. The number of rotatable bonds is 24. The van der Waals surface area contributed by atoms with E-state index in [-0.39, 0.29) is 396 Å². The van der Waals surface area contributed by atoms with Gasteiger partial charge in [0.2, 0.25) is 0 Å². The largest absolute Gasteiger partial charge is 1.00 e. The van der Waals surface area contributed by atoms with Crippen LogP contribution in [0, 0.1) is 0 Å². The molecule has 0 fully saturated rings. The molecule has 0 amide bonds. The zero-order chi connectivity index (χ0) is 87.8. The molecule has 4 N–H and O–H groups in total. The predicted molar refractivity (Wildman–Crippen MR) is 436 cm³/mol. The third-order valence-corrected chi connectivity index (χ3v) is 19.2. The van der Waals surface area contributed by atoms with Crippen molar-refractivity contribution in [3.8, 4) is 0 Å². The minimum Gasteiger partial charge on any atom is -1.00 e. The molecule has 0 saturated carbocycles. The van der Waals surface area contributed by atoms with Crippen molar-refractivity contribution in [1.29, 1.82) is 0 Å². The number of methoxy groups -OCH3 is 4. The molecule has 0 aromatic heterocycles. The van der Waals surface area contributed by atoms with E-state index in [1.165, 1.54) is 40.4 Å². The Morgan fingerprint density at radius 3 is 0.991 bits per heavy atom. The monoisotopic (exact) mass is 1890 g/mol. The van der Waals surface area contributed by atoms with Gasteiger partial charge in [0.05, 0.1) is 51.9 Å². The van der Waals surface area contributed by atoms with Crippen LogP contribution in [0.5, 0.6) is 0 Å². The number of carbonyl (C=O) groups excluding carboxylic acids is 11. The van der Waals surface area contributed by atoms with Crippen molar-refractivity contribution >= 4 is 122 Å². The summed E-state index contributed by atoms with van der Waals surface area (Å²) in [6.45, 7) is 36.0. The van der Waals surface area contributed by atoms with E-state index in [0.717, 1.165) is 35.6 Å². The van der Waals surface area contributed by atoms with Crippen LogP contribution in [0.25, 0.3) is 0 Å². The number of ether oxygens (including phenoxy) is 8. The molecule has 0 radical (unpaired) electrons. The molecule has 3 aromatic rings. The number of carbonyl (C=O) groups is 11. The third-order valence-electron chi connectivity index (χ3n) is 10.2. The summed E-state index contributed by atoms with van der Waals surface area (Å²) < 4.78 is 36.1. The summed E-state index contributed by atoms with van der Waals surface area (Å²) in [4.78, 5) is 113. The van der Waals surface area contributed by atoms with Gasteiger partial charge in [-0.1, -0.05) is 83.2 Å². The van der Waals surface area contributed by atoms with Crippen LogP contribution in [0.15, 0.2) is 175 Å². The number of allylic oxidation sites excluding steroid dienone is 6. The predicted octanol–water partition coefficient (Wildman–Crippen LogP) is -14.9.